The molecule has 0 fully saturated rings. The van der Waals surface area contributed by atoms with Crippen molar-refractivity contribution in [2.45, 2.75) is 13.8 Å². The Labute approximate surface area is 153 Å². The molecule has 2 aromatic carbocycles. The molecular formula is C23H24NP. The highest BCUT2D eigenvalue weighted by Crippen LogP contribution is 2.29. The van der Waals surface area contributed by atoms with Crippen molar-refractivity contribution in [2.75, 3.05) is 0 Å². The van der Waals surface area contributed by atoms with Crippen LogP contribution < -0.4 is 0 Å². The van der Waals surface area contributed by atoms with Crippen LogP contribution in [0.4, 0.5) is 0 Å². The summed E-state index contributed by atoms with van der Waals surface area (Å²) in [4.78, 5) is 0. The molecule has 0 heterocycles. The van der Waals surface area contributed by atoms with E-state index in [0.717, 1.165) is 33.1 Å². The highest BCUT2D eigenvalue weighted by molar-refractivity contribution is 7.24. The van der Waals surface area contributed by atoms with Crippen LogP contribution in [0.15, 0.2) is 84.7 Å². The summed E-state index contributed by atoms with van der Waals surface area (Å²) in [5.41, 5.74) is 5.88. The third kappa shape index (κ3) is 4.98. The first kappa shape index (κ1) is 18.8. The van der Waals surface area contributed by atoms with E-state index >= 15 is 0 Å². The molecule has 0 spiro atoms. The van der Waals surface area contributed by atoms with Crippen molar-refractivity contribution >= 4 is 26.6 Å². The number of rotatable bonds is 6. The second-order valence-corrected chi connectivity index (χ2v) is 6.37. The van der Waals surface area contributed by atoms with Crippen LogP contribution >= 0.6 is 9.24 Å². The van der Waals surface area contributed by atoms with Crippen LogP contribution in [0.3, 0.4) is 0 Å². The molecule has 2 heteroatoms. The average molecular weight is 345 g/mol. The molecule has 2 aromatic rings. The first-order chi connectivity index (χ1) is 12.1. The summed E-state index contributed by atoms with van der Waals surface area (Å²) in [6.45, 7) is 7.83. The van der Waals surface area contributed by atoms with Crippen LogP contribution in [0.5, 0.6) is 0 Å². The van der Waals surface area contributed by atoms with Crippen molar-refractivity contribution in [3.05, 3.63) is 107 Å². The summed E-state index contributed by atoms with van der Waals surface area (Å²) >= 11 is 0. The van der Waals surface area contributed by atoms with Gasteiger partial charge in [0.2, 0.25) is 0 Å². The minimum Gasteiger partial charge on any atom is -0.300 e. The van der Waals surface area contributed by atoms with Crippen molar-refractivity contribution in [2.24, 2.45) is 0 Å². The zero-order valence-electron chi connectivity index (χ0n) is 14.8. The molecule has 0 aromatic heterocycles. The quantitative estimate of drug-likeness (QED) is 0.355. The molecule has 0 bridgehead atoms. The predicted molar refractivity (Wildman–Crippen MR) is 115 cm³/mol. The van der Waals surface area contributed by atoms with Gasteiger partial charge in [-0.3, -0.25) is 0 Å². The molecule has 25 heavy (non-hydrogen) atoms. The molecule has 126 valence electrons. The van der Waals surface area contributed by atoms with E-state index < -0.39 is 0 Å². The van der Waals surface area contributed by atoms with Crippen LogP contribution in [0, 0.1) is 12.3 Å². The molecule has 0 amide bonds. The smallest absolute Gasteiger partial charge is 0.0615 e. The lowest BCUT2D eigenvalue weighted by molar-refractivity contribution is 1.39. The minimum absolute atomic E-state index is 0.511. The SMILES string of the molecule is C=C/C=C(P)\C(=C/C)c1ccc(C)c(C(=N)/C=C/c2ccccc2)c1. The highest BCUT2D eigenvalue weighted by Gasteiger charge is 2.08. The highest BCUT2D eigenvalue weighted by atomic mass is 31.0. The molecule has 0 aliphatic rings. The Morgan fingerprint density at radius 1 is 1.12 bits per heavy atom. The fourth-order valence-electron chi connectivity index (χ4n) is 2.63. The Balaban J connectivity index is 2.35. The fraction of sp³-hybridized carbons (Fsp3) is 0.0870. The molecule has 0 radical (unpaired) electrons. The zero-order chi connectivity index (χ0) is 18.2. The lowest BCUT2D eigenvalue weighted by Crippen LogP contribution is -2.00. The normalized spacial score (nSPS) is 12.4. The van der Waals surface area contributed by atoms with Gasteiger partial charge in [0.05, 0.1) is 5.71 Å². The van der Waals surface area contributed by atoms with Crippen LogP contribution in [0.1, 0.15) is 29.2 Å². The Bertz CT molecular complexity index is 855. The standard InChI is InChI=1S/C23H24NP/c1-4-9-23(25)20(5-2)19-14-12-17(3)21(16-19)22(24)15-13-18-10-7-6-8-11-18/h4-16,24H,1,25H2,2-3H3/b15-13+,20-5-,23-9+,24-22?. The van der Waals surface area contributed by atoms with E-state index in [4.69, 9.17) is 5.41 Å². The lowest BCUT2D eigenvalue weighted by atomic mass is 9.96. The van der Waals surface area contributed by atoms with Crippen molar-refractivity contribution in [1.29, 1.82) is 5.41 Å². The fourth-order valence-corrected chi connectivity index (χ4v) is 3.10. The van der Waals surface area contributed by atoms with Gasteiger partial charge in [-0.15, -0.1) is 9.24 Å². The summed E-state index contributed by atoms with van der Waals surface area (Å²) in [5.74, 6) is 0. The lowest BCUT2D eigenvalue weighted by Gasteiger charge is -2.12. The molecule has 1 atom stereocenters. The van der Waals surface area contributed by atoms with Crippen molar-refractivity contribution in [3.8, 4) is 0 Å². The van der Waals surface area contributed by atoms with Crippen molar-refractivity contribution < 1.29 is 0 Å². The van der Waals surface area contributed by atoms with Gasteiger partial charge in [0.25, 0.3) is 0 Å². The first-order valence-electron chi connectivity index (χ1n) is 8.24. The van der Waals surface area contributed by atoms with Gasteiger partial charge in [-0.1, -0.05) is 73.3 Å². The van der Waals surface area contributed by atoms with E-state index in [-0.39, 0.29) is 0 Å². The maximum atomic E-state index is 8.46. The van der Waals surface area contributed by atoms with Gasteiger partial charge in [0.1, 0.15) is 0 Å². The van der Waals surface area contributed by atoms with E-state index in [1.807, 2.05) is 62.4 Å². The Kier molecular flexibility index (Phi) is 6.86. The van der Waals surface area contributed by atoms with Gasteiger partial charge in [0.15, 0.2) is 0 Å². The Hall–Kier alpha value is -2.50. The van der Waals surface area contributed by atoms with Gasteiger partial charge in [-0.2, -0.15) is 0 Å². The maximum Gasteiger partial charge on any atom is 0.0615 e. The van der Waals surface area contributed by atoms with Gasteiger partial charge >= 0.3 is 0 Å². The Morgan fingerprint density at radius 2 is 1.84 bits per heavy atom. The summed E-state index contributed by atoms with van der Waals surface area (Å²) in [6, 6.07) is 16.3. The van der Waals surface area contributed by atoms with Crippen LogP contribution in [-0.4, -0.2) is 5.71 Å². The molecule has 0 aliphatic heterocycles. The van der Waals surface area contributed by atoms with E-state index in [2.05, 4.69) is 40.1 Å². The van der Waals surface area contributed by atoms with Gasteiger partial charge in [-0.25, -0.2) is 0 Å². The minimum atomic E-state index is 0.511. The zero-order valence-corrected chi connectivity index (χ0v) is 15.9. The third-order valence-corrected chi connectivity index (χ3v) is 4.48. The molecule has 2 rings (SSSR count). The van der Waals surface area contributed by atoms with Crippen LogP contribution in [0.2, 0.25) is 0 Å². The van der Waals surface area contributed by atoms with Gasteiger partial charge in [0, 0.05) is 5.56 Å². The second kappa shape index (κ2) is 9.11. The van der Waals surface area contributed by atoms with Gasteiger partial charge < -0.3 is 5.41 Å². The average Bonchev–Trinajstić information content (AvgIpc) is 2.62. The molecule has 0 saturated heterocycles. The number of benzene rings is 2. The van der Waals surface area contributed by atoms with E-state index in [9.17, 15) is 0 Å². The van der Waals surface area contributed by atoms with Crippen molar-refractivity contribution in [1.82, 2.24) is 0 Å². The first-order valence-corrected chi connectivity index (χ1v) is 8.82. The summed E-state index contributed by atoms with van der Waals surface area (Å²) in [7, 11) is 2.75. The molecular weight excluding hydrogens is 321 g/mol. The van der Waals surface area contributed by atoms with Crippen molar-refractivity contribution in [3.63, 3.8) is 0 Å². The number of nitrogens with one attached hydrogen (secondary N) is 1. The van der Waals surface area contributed by atoms with Gasteiger partial charge in [-0.05, 0) is 53.6 Å². The molecule has 0 aliphatic carbocycles. The molecule has 0 saturated carbocycles. The maximum absolute atomic E-state index is 8.46. The van der Waals surface area contributed by atoms with Crippen LogP contribution in [-0.2, 0) is 0 Å². The van der Waals surface area contributed by atoms with E-state index in [1.165, 1.54) is 0 Å². The summed E-state index contributed by atoms with van der Waals surface area (Å²) in [5, 5.41) is 9.54. The third-order valence-electron chi connectivity index (χ3n) is 3.98. The number of hydrogen-bond acceptors (Lipinski definition) is 1. The predicted octanol–water partition coefficient (Wildman–Crippen LogP) is 6.42. The number of aryl methyl sites for hydroxylation is 1. The van der Waals surface area contributed by atoms with Crippen LogP contribution in [0.25, 0.3) is 11.6 Å². The topological polar surface area (TPSA) is 23.9 Å². The number of hydrogen-bond donors (Lipinski definition) is 1. The summed E-state index contributed by atoms with van der Waals surface area (Å²) < 4.78 is 0. The monoisotopic (exact) mass is 345 g/mol. The molecule has 1 unspecified atom stereocenters. The molecule has 1 nitrogen and oxygen atoms in total. The summed E-state index contributed by atoms with van der Waals surface area (Å²) in [6.07, 6.45) is 9.67. The van der Waals surface area contributed by atoms with E-state index in [1.54, 1.807) is 6.08 Å². The Morgan fingerprint density at radius 3 is 2.48 bits per heavy atom. The van der Waals surface area contributed by atoms with E-state index in [0.29, 0.717) is 5.71 Å². The largest absolute Gasteiger partial charge is 0.300 e. The molecule has 1 N–H and O–H groups in total. The second-order valence-electron chi connectivity index (χ2n) is 5.75. The number of allylic oxidation sites excluding steroid dienone is 6.